The summed E-state index contributed by atoms with van der Waals surface area (Å²) in [7, 11) is 3.60. The van der Waals surface area contributed by atoms with Gasteiger partial charge in [-0.1, -0.05) is 42.5 Å². The Morgan fingerprint density at radius 1 is 1.06 bits per heavy atom. The van der Waals surface area contributed by atoms with Crippen LogP contribution in [0.5, 0.6) is 5.75 Å². The molecule has 0 spiro atoms. The third kappa shape index (κ3) is 4.66. The van der Waals surface area contributed by atoms with E-state index in [1.807, 2.05) is 66.5 Å². The minimum absolute atomic E-state index is 0.0118. The van der Waals surface area contributed by atoms with E-state index in [1.165, 1.54) is 0 Å². The van der Waals surface area contributed by atoms with E-state index in [4.69, 9.17) is 9.47 Å². The molecule has 31 heavy (non-hydrogen) atoms. The lowest BCUT2D eigenvalue weighted by atomic mass is 10.0. The van der Waals surface area contributed by atoms with E-state index in [0.717, 1.165) is 22.6 Å². The molecule has 0 unspecified atom stereocenters. The number of carbonyl (C=O) groups is 2. The van der Waals surface area contributed by atoms with Crippen molar-refractivity contribution >= 4 is 12.0 Å². The van der Waals surface area contributed by atoms with Crippen LogP contribution in [0, 0.1) is 0 Å². The lowest BCUT2D eigenvalue weighted by molar-refractivity contribution is -0.131. The molecule has 162 valence electrons. The van der Waals surface area contributed by atoms with Gasteiger partial charge in [0.05, 0.1) is 25.9 Å². The Morgan fingerprint density at radius 2 is 1.84 bits per heavy atom. The summed E-state index contributed by atoms with van der Waals surface area (Å²) >= 11 is 0. The Bertz CT molecular complexity index is 989. The van der Waals surface area contributed by atoms with Gasteiger partial charge in [-0.25, -0.2) is 4.79 Å². The van der Waals surface area contributed by atoms with Crippen molar-refractivity contribution in [2.75, 3.05) is 33.9 Å². The van der Waals surface area contributed by atoms with Crippen LogP contribution < -0.4 is 4.74 Å². The monoisotopic (exact) mass is 421 g/mol. The minimum atomic E-state index is -0.412. The Labute approximate surface area is 182 Å². The molecular weight excluding hydrogens is 394 g/mol. The average molecular weight is 421 g/mol. The molecule has 0 atom stereocenters. The number of hydrogen-bond acceptors (Lipinski definition) is 5. The van der Waals surface area contributed by atoms with Gasteiger partial charge in [0.2, 0.25) is 0 Å². The summed E-state index contributed by atoms with van der Waals surface area (Å²) < 4.78 is 10.7. The zero-order valence-electron chi connectivity index (χ0n) is 17.9. The SMILES string of the molecule is COc1cccc(COC(=O)N2CCC3=C(C2)C(=O)N(Cc2ccccc2)CN3C)c1. The van der Waals surface area contributed by atoms with Crippen LogP contribution in [0.3, 0.4) is 0 Å². The van der Waals surface area contributed by atoms with E-state index in [0.29, 0.717) is 31.8 Å². The molecule has 4 rings (SSSR count). The van der Waals surface area contributed by atoms with Crippen molar-refractivity contribution in [1.82, 2.24) is 14.7 Å². The predicted octanol–water partition coefficient (Wildman–Crippen LogP) is 3.22. The molecule has 2 amide bonds. The highest BCUT2D eigenvalue weighted by atomic mass is 16.6. The summed E-state index contributed by atoms with van der Waals surface area (Å²) in [5.41, 5.74) is 3.63. The lowest BCUT2D eigenvalue weighted by Crippen LogP contribution is -2.51. The van der Waals surface area contributed by atoms with Gasteiger partial charge in [0, 0.05) is 32.3 Å². The van der Waals surface area contributed by atoms with Crippen LogP contribution in [0.1, 0.15) is 17.5 Å². The highest BCUT2D eigenvalue weighted by molar-refractivity contribution is 5.96. The van der Waals surface area contributed by atoms with E-state index < -0.39 is 6.09 Å². The molecule has 2 aromatic rings. The number of ether oxygens (including phenoxy) is 2. The number of carbonyl (C=O) groups excluding carboxylic acids is 2. The highest BCUT2D eigenvalue weighted by Crippen LogP contribution is 2.28. The third-order valence-corrected chi connectivity index (χ3v) is 5.68. The maximum atomic E-state index is 13.2. The molecule has 7 heteroatoms. The molecule has 7 nitrogen and oxygen atoms in total. The molecule has 0 radical (unpaired) electrons. The van der Waals surface area contributed by atoms with Gasteiger partial charge in [0.25, 0.3) is 5.91 Å². The second-order valence-corrected chi connectivity index (χ2v) is 7.83. The van der Waals surface area contributed by atoms with Crippen LogP contribution >= 0.6 is 0 Å². The van der Waals surface area contributed by atoms with Crippen LogP contribution in [0.15, 0.2) is 65.9 Å². The predicted molar refractivity (Wildman–Crippen MR) is 116 cm³/mol. The first-order valence-electron chi connectivity index (χ1n) is 10.4. The van der Waals surface area contributed by atoms with Crippen molar-refractivity contribution in [3.63, 3.8) is 0 Å². The number of benzene rings is 2. The normalized spacial score (nSPS) is 16.3. The van der Waals surface area contributed by atoms with Crippen LogP contribution in [0.2, 0.25) is 0 Å². The van der Waals surface area contributed by atoms with Crippen LogP contribution in [-0.2, 0) is 22.7 Å². The topological polar surface area (TPSA) is 62.3 Å². The fourth-order valence-electron chi connectivity index (χ4n) is 4.04. The fraction of sp³-hybridized carbons (Fsp3) is 0.333. The fourth-order valence-corrected chi connectivity index (χ4v) is 4.04. The maximum absolute atomic E-state index is 13.2. The Morgan fingerprint density at radius 3 is 2.61 bits per heavy atom. The Hall–Kier alpha value is -3.48. The van der Waals surface area contributed by atoms with Crippen molar-refractivity contribution in [1.29, 1.82) is 0 Å². The van der Waals surface area contributed by atoms with Gasteiger partial charge in [0.1, 0.15) is 12.4 Å². The van der Waals surface area contributed by atoms with Gasteiger partial charge in [-0.05, 0) is 23.3 Å². The van der Waals surface area contributed by atoms with Gasteiger partial charge < -0.3 is 24.2 Å². The number of hydrogen-bond donors (Lipinski definition) is 0. The molecule has 2 aliphatic heterocycles. The summed E-state index contributed by atoms with van der Waals surface area (Å²) in [6.07, 6.45) is 0.232. The van der Waals surface area contributed by atoms with Crippen molar-refractivity contribution in [2.45, 2.75) is 19.6 Å². The summed E-state index contributed by atoms with van der Waals surface area (Å²) in [6, 6.07) is 17.4. The van der Waals surface area contributed by atoms with Gasteiger partial charge in [-0.3, -0.25) is 4.79 Å². The Kier molecular flexibility index (Phi) is 6.11. The molecule has 0 saturated carbocycles. The third-order valence-electron chi connectivity index (χ3n) is 5.68. The summed E-state index contributed by atoms with van der Waals surface area (Å²) in [4.78, 5) is 31.4. The molecule has 0 saturated heterocycles. The van der Waals surface area contributed by atoms with E-state index in [-0.39, 0.29) is 19.1 Å². The molecule has 0 aromatic heterocycles. The molecule has 2 heterocycles. The van der Waals surface area contributed by atoms with E-state index in [1.54, 1.807) is 12.0 Å². The highest BCUT2D eigenvalue weighted by Gasteiger charge is 2.35. The number of methoxy groups -OCH3 is 1. The summed E-state index contributed by atoms with van der Waals surface area (Å²) in [5.74, 6) is 0.706. The summed E-state index contributed by atoms with van der Waals surface area (Å²) in [6.45, 7) is 2.05. The zero-order chi connectivity index (χ0) is 21.8. The second kappa shape index (κ2) is 9.12. The molecule has 0 bridgehead atoms. The minimum Gasteiger partial charge on any atom is -0.497 e. The van der Waals surface area contributed by atoms with E-state index >= 15 is 0 Å². The summed E-state index contributed by atoms with van der Waals surface area (Å²) in [5, 5.41) is 0. The molecule has 2 aromatic carbocycles. The molecular formula is C24H27N3O4. The lowest BCUT2D eigenvalue weighted by Gasteiger charge is -2.42. The van der Waals surface area contributed by atoms with Crippen LogP contribution in [0.25, 0.3) is 0 Å². The average Bonchev–Trinajstić information content (AvgIpc) is 2.81. The number of nitrogens with zero attached hydrogens (tertiary/aromatic N) is 3. The largest absolute Gasteiger partial charge is 0.497 e. The number of amides is 2. The smallest absolute Gasteiger partial charge is 0.410 e. The van der Waals surface area contributed by atoms with E-state index in [9.17, 15) is 9.59 Å². The van der Waals surface area contributed by atoms with Crippen molar-refractivity contribution < 1.29 is 19.1 Å². The van der Waals surface area contributed by atoms with Gasteiger partial charge in [-0.15, -0.1) is 0 Å². The second-order valence-electron chi connectivity index (χ2n) is 7.83. The maximum Gasteiger partial charge on any atom is 0.410 e. The van der Waals surface area contributed by atoms with Crippen LogP contribution in [-0.4, -0.2) is 60.6 Å². The molecule has 0 fully saturated rings. The first-order chi connectivity index (χ1) is 15.0. The van der Waals surface area contributed by atoms with Gasteiger partial charge in [0.15, 0.2) is 0 Å². The standard InChI is InChI=1S/C24H27N3O4/c1-25-17-27(14-18-7-4-3-5-8-18)23(28)21-15-26(12-11-22(21)25)24(29)31-16-19-9-6-10-20(13-19)30-2/h3-10,13H,11-12,14-17H2,1-2H3. The zero-order valence-corrected chi connectivity index (χ0v) is 17.9. The quantitative estimate of drug-likeness (QED) is 0.742. The molecule has 2 aliphatic rings. The van der Waals surface area contributed by atoms with Gasteiger partial charge >= 0.3 is 6.09 Å². The van der Waals surface area contributed by atoms with Crippen molar-refractivity contribution in [3.8, 4) is 5.75 Å². The van der Waals surface area contributed by atoms with E-state index in [2.05, 4.69) is 4.90 Å². The van der Waals surface area contributed by atoms with Crippen LogP contribution in [0.4, 0.5) is 4.79 Å². The first kappa shape index (κ1) is 20.8. The first-order valence-corrected chi connectivity index (χ1v) is 10.4. The van der Waals surface area contributed by atoms with Crippen molar-refractivity contribution in [2.24, 2.45) is 0 Å². The van der Waals surface area contributed by atoms with Crippen molar-refractivity contribution in [3.05, 3.63) is 77.0 Å². The molecule has 0 N–H and O–H groups in total. The molecule has 0 aliphatic carbocycles. The number of rotatable bonds is 5. The van der Waals surface area contributed by atoms with Gasteiger partial charge in [-0.2, -0.15) is 0 Å². The Balaban J connectivity index is 1.41.